The number of rotatable bonds is 5. The van der Waals surface area contributed by atoms with Crippen molar-refractivity contribution in [2.75, 3.05) is 17.2 Å². The predicted molar refractivity (Wildman–Crippen MR) is 104 cm³/mol. The second kappa shape index (κ2) is 9.62. The van der Waals surface area contributed by atoms with Crippen molar-refractivity contribution in [3.8, 4) is 12.1 Å². The first-order valence-electron chi connectivity index (χ1n) is 8.06. The van der Waals surface area contributed by atoms with Crippen LogP contribution in [0.2, 0.25) is 0 Å². The summed E-state index contributed by atoms with van der Waals surface area (Å²) in [5.41, 5.74) is 0.919. The van der Waals surface area contributed by atoms with Gasteiger partial charge in [-0.1, -0.05) is 42.1 Å². The van der Waals surface area contributed by atoms with E-state index in [2.05, 4.69) is 0 Å². The smallest absolute Gasteiger partial charge is 0.748 e. The molecule has 6 nitrogen and oxygen atoms in total. The number of hydrogen-bond donors (Lipinski definition) is 0. The van der Waals surface area contributed by atoms with Gasteiger partial charge in [0.25, 0.3) is 0 Å². The topological polar surface area (TPSA) is 108 Å². The molecule has 0 fully saturated rings. The Hall–Kier alpha value is -1.78. The van der Waals surface area contributed by atoms with Gasteiger partial charge in [0.2, 0.25) is 0 Å². The summed E-state index contributed by atoms with van der Waals surface area (Å²) in [6.07, 6.45) is 3.29. The number of anilines is 1. The van der Waals surface area contributed by atoms with Crippen molar-refractivity contribution in [3.05, 3.63) is 59.2 Å². The summed E-state index contributed by atoms with van der Waals surface area (Å²) in [6.45, 7) is 0.337. The molecule has 1 aliphatic rings. The third-order valence-corrected chi connectivity index (χ3v) is 5.93. The molecule has 9 heteroatoms. The first kappa shape index (κ1) is 22.5. The van der Waals surface area contributed by atoms with Gasteiger partial charge in [-0.25, -0.2) is 8.42 Å². The molecule has 2 aromatic rings. The van der Waals surface area contributed by atoms with Gasteiger partial charge < -0.3 is 9.45 Å². The summed E-state index contributed by atoms with van der Waals surface area (Å²) in [7, 11) is -4.29. The number of hydrogen-bond acceptors (Lipinski definition) is 7. The van der Waals surface area contributed by atoms with E-state index >= 15 is 0 Å². The van der Waals surface area contributed by atoms with Gasteiger partial charge in [-0.15, -0.1) is 0 Å². The molecular formula is C19H14N3NaO3S2. The van der Waals surface area contributed by atoms with Crippen LogP contribution in [0.5, 0.6) is 0 Å². The maximum absolute atomic E-state index is 11.0. The Morgan fingerprint density at radius 2 is 1.89 bits per heavy atom. The Balaban J connectivity index is 0.00000280. The molecule has 0 amide bonds. The second-order valence-corrected chi connectivity index (χ2v) is 8.40. The van der Waals surface area contributed by atoms with Gasteiger partial charge in [0, 0.05) is 22.6 Å². The van der Waals surface area contributed by atoms with Gasteiger partial charge in [-0.05, 0) is 30.0 Å². The van der Waals surface area contributed by atoms with Crippen LogP contribution < -0.4 is 34.5 Å². The van der Waals surface area contributed by atoms with Crippen LogP contribution in [0.3, 0.4) is 0 Å². The molecule has 0 atom stereocenters. The molecule has 0 saturated carbocycles. The molecule has 0 bridgehead atoms. The minimum Gasteiger partial charge on any atom is -0.748 e. The Morgan fingerprint density at radius 1 is 1.18 bits per heavy atom. The van der Waals surface area contributed by atoms with Crippen LogP contribution in [0.1, 0.15) is 6.42 Å². The van der Waals surface area contributed by atoms with Crippen LogP contribution in [0.15, 0.2) is 64.0 Å². The van der Waals surface area contributed by atoms with Crippen molar-refractivity contribution < 1.29 is 42.5 Å². The van der Waals surface area contributed by atoms with Gasteiger partial charge in [-0.3, -0.25) is 0 Å². The van der Waals surface area contributed by atoms with E-state index in [0.29, 0.717) is 6.54 Å². The number of allylic oxidation sites excluding steroid dienone is 3. The van der Waals surface area contributed by atoms with Gasteiger partial charge in [0.15, 0.2) is 0 Å². The Labute approximate surface area is 190 Å². The quantitative estimate of drug-likeness (QED) is 0.395. The SMILES string of the molecule is N#CC(C#N)=C/C=C1\Sc2ccc3ccccc3c2N1CCCS(=O)(=O)[O-].[Na+]. The van der Waals surface area contributed by atoms with Crippen LogP contribution in [0.4, 0.5) is 5.69 Å². The molecule has 1 aliphatic heterocycles. The van der Waals surface area contributed by atoms with Crippen LogP contribution in [-0.2, 0) is 10.1 Å². The zero-order chi connectivity index (χ0) is 19.4. The van der Waals surface area contributed by atoms with Crippen LogP contribution in [-0.4, -0.2) is 25.3 Å². The first-order chi connectivity index (χ1) is 12.9. The fourth-order valence-electron chi connectivity index (χ4n) is 2.87. The second-order valence-electron chi connectivity index (χ2n) is 5.81. The summed E-state index contributed by atoms with van der Waals surface area (Å²) >= 11 is 1.48. The van der Waals surface area contributed by atoms with Gasteiger partial charge in [0.05, 0.1) is 20.8 Å². The third-order valence-electron chi connectivity index (χ3n) is 4.02. The molecule has 0 N–H and O–H groups in total. The number of benzene rings is 2. The Morgan fingerprint density at radius 3 is 2.57 bits per heavy atom. The van der Waals surface area contributed by atoms with Gasteiger partial charge in [0.1, 0.15) is 17.7 Å². The van der Waals surface area contributed by atoms with Crippen molar-refractivity contribution in [2.45, 2.75) is 11.3 Å². The van der Waals surface area contributed by atoms with E-state index in [4.69, 9.17) is 10.5 Å². The third kappa shape index (κ3) is 5.18. The fraction of sp³-hybridized carbons (Fsp3) is 0.158. The Bertz CT molecular complexity index is 1130. The number of nitrogens with zero attached hydrogens (tertiary/aromatic N) is 3. The molecule has 0 spiro atoms. The molecule has 136 valence electrons. The summed E-state index contributed by atoms with van der Waals surface area (Å²) in [6, 6.07) is 15.5. The zero-order valence-electron chi connectivity index (χ0n) is 15.1. The number of thioether (sulfide) groups is 1. The number of nitriles is 2. The molecule has 28 heavy (non-hydrogen) atoms. The first-order valence-corrected chi connectivity index (χ1v) is 10.5. The number of fused-ring (bicyclic) bond motifs is 3. The van der Waals surface area contributed by atoms with Crippen LogP contribution >= 0.6 is 11.8 Å². The van der Waals surface area contributed by atoms with E-state index in [-0.39, 0.29) is 41.6 Å². The summed E-state index contributed by atoms with van der Waals surface area (Å²) in [4.78, 5) is 2.94. The molecule has 0 unspecified atom stereocenters. The van der Waals surface area contributed by atoms with Crippen molar-refractivity contribution in [3.63, 3.8) is 0 Å². The molecule has 1 heterocycles. The molecule has 0 aromatic heterocycles. The van der Waals surface area contributed by atoms with E-state index in [0.717, 1.165) is 26.4 Å². The largest absolute Gasteiger partial charge is 1.00 e. The van der Waals surface area contributed by atoms with E-state index in [9.17, 15) is 13.0 Å². The van der Waals surface area contributed by atoms with E-state index in [1.807, 2.05) is 53.4 Å². The minimum absolute atomic E-state index is 0. The minimum atomic E-state index is -4.29. The van der Waals surface area contributed by atoms with E-state index in [1.54, 1.807) is 6.08 Å². The zero-order valence-corrected chi connectivity index (χ0v) is 18.8. The fourth-order valence-corrected chi connectivity index (χ4v) is 4.46. The van der Waals surface area contributed by atoms with Gasteiger partial charge >= 0.3 is 29.6 Å². The maximum Gasteiger partial charge on any atom is 1.00 e. The van der Waals surface area contributed by atoms with Gasteiger partial charge in [-0.2, -0.15) is 10.5 Å². The maximum atomic E-state index is 11.0. The predicted octanol–water partition coefficient (Wildman–Crippen LogP) is 0.506. The molecule has 0 radical (unpaired) electrons. The van der Waals surface area contributed by atoms with Crippen molar-refractivity contribution in [1.82, 2.24) is 0 Å². The molecular weight excluding hydrogens is 405 g/mol. The average molecular weight is 419 g/mol. The molecule has 0 aliphatic carbocycles. The average Bonchev–Trinajstić information content (AvgIpc) is 3.00. The summed E-state index contributed by atoms with van der Waals surface area (Å²) in [5.74, 6) is -0.445. The standard InChI is InChI=1S/C19H15N3O3S2.Na/c20-12-14(13-21)6-9-18-22(10-3-11-27(23,24)25)19-16-5-2-1-4-15(16)7-8-17(19)26-18;/h1-2,4-9H,3,10-11H2,(H,23,24,25);/q;+1/p-1/b18-9-;. The molecule has 2 aromatic carbocycles. The Kier molecular flexibility index (Phi) is 7.73. The monoisotopic (exact) mass is 419 g/mol. The van der Waals surface area contributed by atoms with Crippen molar-refractivity contribution in [2.24, 2.45) is 0 Å². The van der Waals surface area contributed by atoms with E-state index < -0.39 is 15.9 Å². The molecule has 3 rings (SSSR count). The summed E-state index contributed by atoms with van der Waals surface area (Å²) in [5, 5.41) is 20.7. The normalized spacial score (nSPS) is 14.1. The van der Waals surface area contributed by atoms with Crippen LogP contribution in [0.25, 0.3) is 10.8 Å². The van der Waals surface area contributed by atoms with Crippen LogP contribution in [0, 0.1) is 22.7 Å². The van der Waals surface area contributed by atoms with Crippen molar-refractivity contribution >= 4 is 38.3 Å². The van der Waals surface area contributed by atoms with E-state index in [1.165, 1.54) is 17.8 Å². The van der Waals surface area contributed by atoms with Crippen molar-refractivity contribution in [1.29, 1.82) is 10.5 Å². The summed E-state index contributed by atoms with van der Waals surface area (Å²) < 4.78 is 32.9. The molecule has 0 saturated heterocycles.